The maximum Gasteiger partial charge on any atom is 0.191 e. The van der Waals surface area contributed by atoms with Crippen molar-refractivity contribution >= 4 is 16.4 Å². The van der Waals surface area contributed by atoms with Gasteiger partial charge in [-0.05, 0) is 31.2 Å². The summed E-state index contributed by atoms with van der Waals surface area (Å²) in [4.78, 5) is 0. The van der Waals surface area contributed by atoms with Gasteiger partial charge in [-0.1, -0.05) is 29.4 Å². The van der Waals surface area contributed by atoms with E-state index in [1.54, 1.807) is 16.6 Å². The number of nitrogens with zero attached hydrogens (tertiary/aromatic N) is 5. The van der Waals surface area contributed by atoms with Crippen molar-refractivity contribution in [3.05, 3.63) is 65.8 Å². The Morgan fingerprint density at radius 3 is 2.50 bits per heavy atom. The number of fused-ring (bicyclic) bond motifs is 3. The van der Waals surface area contributed by atoms with Gasteiger partial charge in [-0.15, -0.1) is 10.2 Å². The second-order valence-corrected chi connectivity index (χ2v) is 6.36. The zero-order valence-electron chi connectivity index (χ0n) is 14.7. The number of hydrogen-bond donors (Lipinski definition) is 0. The molecule has 2 aromatic carbocycles. The van der Waals surface area contributed by atoms with E-state index in [9.17, 15) is 8.78 Å². The average molecular weight is 377 g/mol. The van der Waals surface area contributed by atoms with E-state index in [0.29, 0.717) is 28.3 Å². The molecule has 0 amide bonds. The van der Waals surface area contributed by atoms with Gasteiger partial charge in [-0.2, -0.15) is 9.61 Å². The van der Waals surface area contributed by atoms with Crippen molar-refractivity contribution in [2.45, 2.75) is 13.6 Å². The molecule has 3 aromatic heterocycles. The fraction of sp³-hybridized carbons (Fsp3) is 0.100. The Kier molecular flexibility index (Phi) is 3.65. The summed E-state index contributed by atoms with van der Waals surface area (Å²) in [6, 6.07) is 13.4. The Morgan fingerprint density at radius 1 is 1.00 bits per heavy atom. The van der Waals surface area contributed by atoms with Crippen molar-refractivity contribution in [1.82, 2.24) is 25.0 Å². The highest BCUT2D eigenvalue weighted by Gasteiger charge is 2.25. The first-order valence-corrected chi connectivity index (χ1v) is 8.59. The third kappa shape index (κ3) is 2.38. The van der Waals surface area contributed by atoms with Crippen molar-refractivity contribution in [3.63, 3.8) is 0 Å². The van der Waals surface area contributed by atoms with Crippen LogP contribution in [-0.4, -0.2) is 25.0 Å². The molecule has 0 saturated carbocycles. The van der Waals surface area contributed by atoms with Crippen molar-refractivity contribution in [2.24, 2.45) is 0 Å². The van der Waals surface area contributed by atoms with E-state index in [0.717, 1.165) is 16.5 Å². The van der Waals surface area contributed by atoms with E-state index in [1.807, 2.05) is 31.2 Å². The van der Waals surface area contributed by atoms with Crippen LogP contribution in [0.15, 0.2) is 53.1 Å². The summed E-state index contributed by atoms with van der Waals surface area (Å²) in [5.74, 6) is -0.0467. The molecule has 0 aliphatic carbocycles. The molecule has 8 heteroatoms. The summed E-state index contributed by atoms with van der Waals surface area (Å²) in [6.45, 7) is 1.02. The minimum Gasteiger partial charge on any atom is -0.357 e. The van der Waals surface area contributed by atoms with E-state index < -0.39 is 6.67 Å². The first-order chi connectivity index (χ1) is 13.7. The first-order valence-electron chi connectivity index (χ1n) is 8.59. The number of aromatic nitrogens is 5. The molecule has 0 unspecified atom stereocenters. The molecule has 0 bridgehead atoms. The fourth-order valence-corrected chi connectivity index (χ4v) is 3.35. The van der Waals surface area contributed by atoms with Crippen LogP contribution >= 0.6 is 0 Å². The highest BCUT2D eigenvalue weighted by atomic mass is 19.1. The summed E-state index contributed by atoms with van der Waals surface area (Å²) < 4.78 is 33.7. The van der Waals surface area contributed by atoms with E-state index in [-0.39, 0.29) is 11.6 Å². The standard InChI is InChI=1S/C20H13F2N5O/c1-11-14-4-2-3-5-15(14)19-23-24-20(27(19)25-11)17-16(10-21)28-26-18(17)12-6-8-13(22)9-7-12/h2-9H,10H2,1H3. The second kappa shape index (κ2) is 6.19. The van der Waals surface area contributed by atoms with Crippen molar-refractivity contribution in [2.75, 3.05) is 0 Å². The number of hydrogen-bond acceptors (Lipinski definition) is 5. The molecule has 3 heterocycles. The van der Waals surface area contributed by atoms with Crippen LogP contribution in [0.1, 0.15) is 11.5 Å². The monoisotopic (exact) mass is 377 g/mol. The molecule has 0 N–H and O–H groups in total. The van der Waals surface area contributed by atoms with Crippen LogP contribution in [0, 0.1) is 12.7 Å². The Bertz CT molecular complexity index is 1320. The average Bonchev–Trinajstić information content (AvgIpc) is 3.32. The number of alkyl halides is 1. The van der Waals surface area contributed by atoms with Crippen LogP contribution in [0.25, 0.3) is 39.1 Å². The molecule has 5 rings (SSSR count). The minimum atomic E-state index is -0.870. The molecule has 0 aliphatic rings. The molecule has 138 valence electrons. The minimum absolute atomic E-state index is 0.0150. The third-order valence-electron chi connectivity index (χ3n) is 4.67. The van der Waals surface area contributed by atoms with Crippen LogP contribution in [-0.2, 0) is 6.67 Å². The summed E-state index contributed by atoms with van der Waals surface area (Å²) in [5.41, 5.74) is 2.62. The van der Waals surface area contributed by atoms with Crippen LogP contribution in [0.3, 0.4) is 0 Å². The molecule has 5 aromatic rings. The van der Waals surface area contributed by atoms with Crippen LogP contribution < -0.4 is 0 Å². The van der Waals surface area contributed by atoms with Crippen molar-refractivity contribution in [1.29, 1.82) is 0 Å². The Balaban J connectivity index is 1.81. The maximum absolute atomic E-state index is 13.6. The molecule has 6 nitrogen and oxygen atoms in total. The number of rotatable bonds is 3. The zero-order chi connectivity index (χ0) is 19.3. The summed E-state index contributed by atoms with van der Waals surface area (Å²) in [6.07, 6.45) is 0. The van der Waals surface area contributed by atoms with Gasteiger partial charge in [0.05, 0.1) is 11.3 Å². The lowest BCUT2D eigenvalue weighted by atomic mass is 10.1. The van der Waals surface area contributed by atoms with E-state index in [4.69, 9.17) is 4.52 Å². The lowest BCUT2D eigenvalue weighted by molar-refractivity contribution is 0.332. The highest BCUT2D eigenvalue weighted by molar-refractivity contribution is 5.95. The SMILES string of the molecule is Cc1nn2c(-c3c(-c4ccc(F)cc4)noc3CF)nnc2c2ccccc12. The number of halogens is 2. The smallest absolute Gasteiger partial charge is 0.191 e. The van der Waals surface area contributed by atoms with Gasteiger partial charge in [0.1, 0.15) is 11.5 Å². The van der Waals surface area contributed by atoms with Crippen LogP contribution in [0.5, 0.6) is 0 Å². The predicted octanol–water partition coefficient (Wildman–Crippen LogP) is 4.52. The molecule has 0 saturated heterocycles. The van der Waals surface area contributed by atoms with Gasteiger partial charge >= 0.3 is 0 Å². The number of aryl methyl sites for hydroxylation is 1. The van der Waals surface area contributed by atoms with Crippen molar-refractivity contribution < 1.29 is 13.3 Å². The van der Waals surface area contributed by atoms with E-state index in [1.165, 1.54) is 12.1 Å². The lowest BCUT2D eigenvalue weighted by Crippen LogP contribution is -2.00. The lowest BCUT2D eigenvalue weighted by Gasteiger charge is -2.05. The van der Waals surface area contributed by atoms with Gasteiger partial charge < -0.3 is 4.52 Å². The molecule has 0 atom stereocenters. The Hall–Kier alpha value is -3.68. The molecule has 0 spiro atoms. The summed E-state index contributed by atoms with van der Waals surface area (Å²) >= 11 is 0. The van der Waals surface area contributed by atoms with E-state index >= 15 is 0 Å². The zero-order valence-corrected chi connectivity index (χ0v) is 14.7. The largest absolute Gasteiger partial charge is 0.357 e. The van der Waals surface area contributed by atoms with Gasteiger partial charge in [0.15, 0.2) is 23.9 Å². The molecular weight excluding hydrogens is 364 g/mol. The van der Waals surface area contributed by atoms with Gasteiger partial charge in [-0.25, -0.2) is 8.78 Å². The van der Waals surface area contributed by atoms with Gasteiger partial charge in [0.2, 0.25) is 0 Å². The molecule has 0 aliphatic heterocycles. The molecule has 0 radical (unpaired) electrons. The van der Waals surface area contributed by atoms with Crippen molar-refractivity contribution in [3.8, 4) is 22.6 Å². The molecular formula is C20H13F2N5O. The quantitative estimate of drug-likeness (QED) is 0.462. The molecule has 28 heavy (non-hydrogen) atoms. The number of benzene rings is 2. The summed E-state index contributed by atoms with van der Waals surface area (Å²) in [5, 5.41) is 18.9. The maximum atomic E-state index is 13.6. The Labute approximate surface area is 157 Å². The summed E-state index contributed by atoms with van der Waals surface area (Å²) in [7, 11) is 0. The van der Waals surface area contributed by atoms with Crippen LogP contribution in [0.2, 0.25) is 0 Å². The van der Waals surface area contributed by atoms with E-state index in [2.05, 4.69) is 20.5 Å². The van der Waals surface area contributed by atoms with Crippen LogP contribution in [0.4, 0.5) is 8.78 Å². The van der Waals surface area contributed by atoms with Gasteiger partial charge in [0, 0.05) is 16.3 Å². The Morgan fingerprint density at radius 2 is 1.75 bits per heavy atom. The first kappa shape index (κ1) is 16.5. The third-order valence-corrected chi connectivity index (χ3v) is 4.67. The normalized spacial score (nSPS) is 11.5. The highest BCUT2D eigenvalue weighted by Crippen LogP contribution is 2.35. The van der Waals surface area contributed by atoms with Gasteiger partial charge in [-0.3, -0.25) is 0 Å². The van der Waals surface area contributed by atoms with Gasteiger partial charge in [0.25, 0.3) is 0 Å². The second-order valence-electron chi connectivity index (χ2n) is 6.36. The fourth-order valence-electron chi connectivity index (χ4n) is 3.35. The predicted molar refractivity (Wildman–Crippen MR) is 98.7 cm³/mol. The topological polar surface area (TPSA) is 69.1 Å². The molecule has 0 fully saturated rings.